The Morgan fingerprint density at radius 2 is 0.421 bits per heavy atom. The fourth-order valence-corrected chi connectivity index (χ4v) is 194. The van der Waals surface area contributed by atoms with E-state index < -0.39 is 70.0 Å². The van der Waals surface area contributed by atoms with Gasteiger partial charge in [-0.15, -0.1) is 0 Å². The van der Waals surface area contributed by atoms with Crippen molar-refractivity contribution in [2.24, 2.45) is 0 Å². The summed E-state index contributed by atoms with van der Waals surface area (Å²) in [5.74, 6) is 0. The Bertz CT molecular complexity index is 587. The van der Waals surface area contributed by atoms with Gasteiger partial charge in [-0.2, -0.15) is 0 Å². The predicted molar refractivity (Wildman–Crippen MR) is 219 cm³/mol. The molecular weight excluding hydrogens is 1050 g/mol. The molecule has 0 rings (SSSR count). The molecular formula is C25H73BiSi10Te2. The van der Waals surface area contributed by atoms with E-state index in [1.807, 2.05) is 0 Å². The first-order valence-corrected chi connectivity index (χ1v) is 61.7. The zero-order valence-corrected chi connectivity index (χ0v) is 49.0. The molecule has 0 aliphatic rings. The van der Waals surface area contributed by atoms with Crippen LogP contribution in [0.3, 0.4) is 0 Å². The van der Waals surface area contributed by atoms with E-state index in [9.17, 15) is 0 Å². The van der Waals surface area contributed by atoms with Crippen LogP contribution in [0.4, 0.5) is 0 Å². The van der Waals surface area contributed by atoms with E-state index in [4.69, 9.17) is 0 Å². The molecule has 0 aromatic rings. The topological polar surface area (TPSA) is 0 Å². The molecule has 230 valence electrons. The van der Waals surface area contributed by atoms with E-state index in [1.54, 1.807) is 24.7 Å². The van der Waals surface area contributed by atoms with E-state index in [0.717, 1.165) is 2.87 Å². The minimum atomic E-state index is -0.928. The normalized spacial score (nSPS) is 15.5. The van der Waals surface area contributed by atoms with Crippen molar-refractivity contribution in [2.45, 2.75) is 160 Å². The Kier molecular flexibility index (Phi) is 18.6. The van der Waals surface area contributed by atoms with E-state index in [2.05, 4.69) is 200 Å². The van der Waals surface area contributed by atoms with Crippen molar-refractivity contribution in [1.82, 2.24) is 0 Å². The first kappa shape index (κ1) is 47.0. The standard InChI is InChI=1S/2C9H27Si4Te.C7H19Si2.Bi/c2*1-10(2,3)13(14,11(4,5)6)12(7,8)9;1-8(2,3)7-9(4,5)6;/h2*1-9H3;7H,1-6H3;. The molecule has 0 bridgehead atoms. The van der Waals surface area contributed by atoms with Crippen LogP contribution in [-0.2, 0) is 0 Å². The third-order valence-corrected chi connectivity index (χ3v) is 261. The van der Waals surface area contributed by atoms with Crippen LogP contribution in [-0.4, -0.2) is 138 Å². The molecule has 0 aromatic carbocycles. The van der Waals surface area contributed by atoms with Gasteiger partial charge in [0.15, 0.2) is 0 Å². The maximum atomic E-state index is 2.68. The van der Waals surface area contributed by atoms with Crippen LogP contribution >= 0.6 is 0 Å². The van der Waals surface area contributed by atoms with Gasteiger partial charge in [-0.05, 0) is 0 Å². The molecule has 0 aliphatic heterocycles. The fourth-order valence-electron chi connectivity index (χ4n) is 8.05. The zero-order valence-electron chi connectivity index (χ0n) is 30.8. The first-order chi connectivity index (χ1) is 15.7. The SMILES string of the molecule is C[Si](C)(C)[CH]([Bi])[Si](C)(C)C.C[Si](C)(C)[Si]([Te])([Si](C)(C)C)[Si](C)(C)C.C[Si](C)(C)[Si]([Te])([Si](C)(C)C)[Si](C)(C)C. The Morgan fingerprint density at radius 1 is 0.316 bits per heavy atom. The van der Waals surface area contributed by atoms with Crippen LogP contribution in [0, 0.1) is 0 Å². The summed E-state index contributed by atoms with van der Waals surface area (Å²) in [5, 5.41) is 0. The summed E-state index contributed by atoms with van der Waals surface area (Å²) in [6, 6.07) is 0. The molecule has 0 N–H and O–H groups in total. The van der Waals surface area contributed by atoms with E-state index in [1.165, 1.54) is 0 Å². The van der Waals surface area contributed by atoms with Gasteiger partial charge in [0.25, 0.3) is 0 Å². The van der Waals surface area contributed by atoms with Gasteiger partial charge in [0, 0.05) is 0 Å². The average Bonchev–Trinajstić information content (AvgIpc) is 2.53. The summed E-state index contributed by atoms with van der Waals surface area (Å²) < 4.78 is -0.702. The van der Waals surface area contributed by atoms with Gasteiger partial charge in [0.2, 0.25) is 0 Å². The third-order valence-electron chi connectivity index (χ3n) is 7.98. The molecule has 0 aliphatic carbocycles. The van der Waals surface area contributed by atoms with Crippen LogP contribution in [0.1, 0.15) is 0 Å². The summed E-state index contributed by atoms with van der Waals surface area (Å²) in [4.78, 5) is 0. The van der Waals surface area contributed by atoms with Crippen LogP contribution in [0.2, 0.25) is 160 Å². The van der Waals surface area contributed by atoms with Crippen molar-refractivity contribution in [3.05, 3.63) is 0 Å². The van der Waals surface area contributed by atoms with E-state index in [0.29, 0.717) is 0 Å². The van der Waals surface area contributed by atoms with Gasteiger partial charge in [0.05, 0.1) is 0 Å². The second-order valence-electron chi connectivity index (χ2n) is 20.0. The molecule has 0 heterocycles. The molecule has 13 heteroatoms. The van der Waals surface area contributed by atoms with Gasteiger partial charge in [-0.3, -0.25) is 0 Å². The average molecular weight is 1120 g/mol. The van der Waals surface area contributed by atoms with Gasteiger partial charge in [0.1, 0.15) is 0 Å². The molecule has 0 saturated carbocycles. The molecule has 0 nitrogen and oxygen atoms in total. The molecule has 0 atom stereocenters. The first-order valence-electron chi connectivity index (χ1n) is 14.7. The summed E-state index contributed by atoms with van der Waals surface area (Å²) >= 11 is 6.99. The quantitative estimate of drug-likeness (QED) is 0.213. The molecule has 0 aromatic heterocycles. The second-order valence-corrected chi connectivity index (χ2v) is 147. The fraction of sp³-hybridized carbons (Fsp3) is 1.00. The van der Waals surface area contributed by atoms with Crippen molar-refractivity contribution in [3.8, 4) is 0 Å². The van der Waals surface area contributed by atoms with Crippen LogP contribution in [0.25, 0.3) is 0 Å². The van der Waals surface area contributed by atoms with Gasteiger partial charge >= 0.3 is 298 Å². The Labute approximate surface area is 293 Å². The summed E-state index contributed by atoms with van der Waals surface area (Å²) in [6.45, 7) is 62.5. The summed E-state index contributed by atoms with van der Waals surface area (Å²) in [7, 11) is -7.06. The molecule has 0 fully saturated rings. The van der Waals surface area contributed by atoms with E-state index >= 15 is 0 Å². The molecule has 4 radical (unpaired) electrons. The number of hydrogen-bond acceptors (Lipinski definition) is 0. The predicted octanol–water partition coefficient (Wildman–Crippen LogP) is 9.40. The molecule has 0 unspecified atom stereocenters. The zero-order chi connectivity index (χ0) is 32.6. The minimum absolute atomic E-state index is 0.785. The Hall–Kier alpha value is 4.63. The van der Waals surface area contributed by atoms with Crippen LogP contribution in [0.15, 0.2) is 0 Å². The van der Waals surface area contributed by atoms with Crippen molar-refractivity contribution in [1.29, 1.82) is 0 Å². The van der Waals surface area contributed by atoms with Crippen molar-refractivity contribution < 1.29 is 0 Å². The molecule has 0 amide bonds. The van der Waals surface area contributed by atoms with Crippen molar-refractivity contribution in [2.75, 3.05) is 0 Å². The molecule has 0 saturated heterocycles. The molecule has 38 heavy (non-hydrogen) atoms. The third kappa shape index (κ3) is 12.8. The maximum absolute atomic E-state index is 2.68. The van der Waals surface area contributed by atoms with Gasteiger partial charge < -0.3 is 0 Å². The van der Waals surface area contributed by atoms with E-state index in [-0.39, 0.29) is 0 Å². The number of hydrogen-bond donors (Lipinski definition) is 0. The van der Waals surface area contributed by atoms with Crippen molar-refractivity contribution >= 4 is 138 Å². The monoisotopic (exact) mass is 1120 g/mol. The summed E-state index contributed by atoms with van der Waals surface area (Å²) in [5.41, 5.74) is 0. The second kappa shape index (κ2) is 15.0. The molecule has 0 spiro atoms. The van der Waals surface area contributed by atoms with Gasteiger partial charge in [-0.25, -0.2) is 0 Å². The Balaban J connectivity index is -0.000000492. The van der Waals surface area contributed by atoms with Gasteiger partial charge in [-0.1, -0.05) is 0 Å². The van der Waals surface area contributed by atoms with Crippen LogP contribution in [0.5, 0.6) is 0 Å². The van der Waals surface area contributed by atoms with Crippen LogP contribution < -0.4 is 0 Å². The van der Waals surface area contributed by atoms with Crippen molar-refractivity contribution in [3.63, 3.8) is 0 Å². The summed E-state index contributed by atoms with van der Waals surface area (Å²) in [6.07, 6.45) is 0. The Morgan fingerprint density at radius 3 is 0.421 bits per heavy atom. The number of rotatable bonds is 8.